The number of rotatable bonds is 10. The van der Waals surface area contributed by atoms with Gasteiger partial charge in [-0.15, -0.1) is 0 Å². The molecule has 1 atom stereocenters. The molecule has 2 rings (SSSR count). The lowest BCUT2D eigenvalue weighted by Crippen LogP contribution is -2.34. The summed E-state index contributed by atoms with van der Waals surface area (Å²) in [5.74, 6) is -0.555. The van der Waals surface area contributed by atoms with E-state index < -0.39 is 6.10 Å². The summed E-state index contributed by atoms with van der Waals surface area (Å²) in [5.41, 5.74) is 2.12. The topological polar surface area (TPSA) is 49.8 Å². The van der Waals surface area contributed by atoms with Crippen LogP contribution in [0.4, 0.5) is 4.39 Å². The van der Waals surface area contributed by atoms with Crippen LogP contribution in [0.1, 0.15) is 30.9 Å². The number of carbonyl (C=O) groups is 1. The third kappa shape index (κ3) is 7.34. The van der Waals surface area contributed by atoms with E-state index in [2.05, 4.69) is 10.3 Å². The van der Waals surface area contributed by atoms with E-state index in [0.29, 0.717) is 26.1 Å². The van der Waals surface area contributed by atoms with Gasteiger partial charge in [-0.05, 0) is 46.5 Å². The van der Waals surface area contributed by atoms with Gasteiger partial charge < -0.3 is 9.84 Å². The van der Waals surface area contributed by atoms with Crippen LogP contribution in [0.5, 0.6) is 0 Å². The molecule has 136 valence electrons. The summed E-state index contributed by atoms with van der Waals surface area (Å²) >= 11 is 1.62. The molecular weight excluding hydrogens is 341 g/mol. The molecule has 0 bridgehead atoms. The number of carbonyl (C=O) groups excluding carboxylic acids is 1. The maximum atomic E-state index is 13.1. The molecule has 2 aromatic rings. The van der Waals surface area contributed by atoms with Crippen molar-refractivity contribution in [2.45, 2.75) is 39.0 Å². The number of thiophene rings is 1. The fourth-order valence-electron chi connectivity index (χ4n) is 2.49. The zero-order valence-corrected chi connectivity index (χ0v) is 15.2. The van der Waals surface area contributed by atoms with Gasteiger partial charge >= 0.3 is 5.97 Å². The molecule has 0 aliphatic rings. The average Bonchev–Trinajstić information content (AvgIpc) is 3.08. The Bertz CT molecular complexity index is 631. The van der Waals surface area contributed by atoms with Gasteiger partial charge in [0.15, 0.2) is 0 Å². The van der Waals surface area contributed by atoms with Crippen LogP contribution in [0.25, 0.3) is 0 Å². The van der Waals surface area contributed by atoms with E-state index in [0.717, 1.165) is 17.5 Å². The average molecular weight is 365 g/mol. The Hall–Kier alpha value is -1.76. The van der Waals surface area contributed by atoms with Gasteiger partial charge in [-0.2, -0.15) is 11.3 Å². The SMILES string of the molecule is CCCC(=O)OC[C@H](O)CN(Cc1ccc(F)cc1)Cc1ccsc1. The lowest BCUT2D eigenvalue weighted by molar-refractivity contribution is -0.147. The number of hydrogen-bond acceptors (Lipinski definition) is 5. The predicted molar refractivity (Wildman–Crippen MR) is 96.7 cm³/mol. The Morgan fingerprint density at radius 1 is 1.24 bits per heavy atom. The molecule has 25 heavy (non-hydrogen) atoms. The third-order valence-corrected chi connectivity index (χ3v) is 4.40. The summed E-state index contributed by atoms with van der Waals surface area (Å²) < 4.78 is 18.2. The Kier molecular flexibility index (Phi) is 8.04. The molecule has 1 N–H and O–H groups in total. The summed E-state index contributed by atoms with van der Waals surface area (Å²) in [4.78, 5) is 13.5. The number of aliphatic hydroxyl groups excluding tert-OH is 1. The number of nitrogens with zero attached hydrogens (tertiary/aromatic N) is 1. The number of benzene rings is 1. The Labute approximate surface area is 151 Å². The highest BCUT2D eigenvalue weighted by atomic mass is 32.1. The number of aliphatic hydroxyl groups is 1. The van der Waals surface area contributed by atoms with Crippen molar-refractivity contribution in [2.24, 2.45) is 0 Å². The largest absolute Gasteiger partial charge is 0.463 e. The van der Waals surface area contributed by atoms with Crippen molar-refractivity contribution in [1.82, 2.24) is 4.90 Å². The van der Waals surface area contributed by atoms with Gasteiger partial charge in [-0.3, -0.25) is 9.69 Å². The molecule has 0 fully saturated rings. The maximum absolute atomic E-state index is 13.1. The van der Waals surface area contributed by atoms with Crippen molar-refractivity contribution >= 4 is 17.3 Å². The number of esters is 1. The molecule has 0 amide bonds. The first-order valence-electron chi connectivity index (χ1n) is 8.38. The second-order valence-corrected chi connectivity index (χ2v) is 6.79. The standard InChI is InChI=1S/C19H24FNO3S/c1-2-3-19(23)24-13-18(22)12-21(11-16-8-9-25-14-16)10-15-4-6-17(20)7-5-15/h4-9,14,18,22H,2-3,10-13H2,1H3/t18-/m1/s1. The van der Waals surface area contributed by atoms with Crippen LogP contribution < -0.4 is 0 Å². The highest BCUT2D eigenvalue weighted by Crippen LogP contribution is 2.14. The van der Waals surface area contributed by atoms with Gasteiger partial charge in [-0.1, -0.05) is 19.1 Å². The first-order valence-corrected chi connectivity index (χ1v) is 9.32. The highest BCUT2D eigenvalue weighted by Gasteiger charge is 2.15. The Morgan fingerprint density at radius 2 is 1.96 bits per heavy atom. The summed E-state index contributed by atoms with van der Waals surface area (Å²) in [5, 5.41) is 14.3. The smallest absolute Gasteiger partial charge is 0.305 e. The Balaban J connectivity index is 1.93. The normalized spacial score (nSPS) is 12.3. The number of halogens is 1. The highest BCUT2D eigenvalue weighted by molar-refractivity contribution is 7.07. The zero-order valence-electron chi connectivity index (χ0n) is 14.4. The van der Waals surface area contributed by atoms with Crippen LogP contribution >= 0.6 is 11.3 Å². The van der Waals surface area contributed by atoms with E-state index in [9.17, 15) is 14.3 Å². The third-order valence-electron chi connectivity index (χ3n) is 3.67. The number of hydrogen-bond donors (Lipinski definition) is 1. The molecule has 1 aromatic heterocycles. The second-order valence-electron chi connectivity index (χ2n) is 6.01. The van der Waals surface area contributed by atoms with E-state index in [-0.39, 0.29) is 18.4 Å². The summed E-state index contributed by atoms with van der Waals surface area (Å²) in [6.45, 7) is 3.51. The minimum Gasteiger partial charge on any atom is -0.463 e. The van der Waals surface area contributed by atoms with Gasteiger partial charge in [0.2, 0.25) is 0 Å². The summed E-state index contributed by atoms with van der Waals surface area (Å²) in [6, 6.07) is 8.38. The van der Waals surface area contributed by atoms with E-state index in [1.165, 1.54) is 12.1 Å². The van der Waals surface area contributed by atoms with E-state index in [1.807, 2.05) is 18.4 Å². The van der Waals surface area contributed by atoms with Crippen LogP contribution in [-0.4, -0.2) is 35.2 Å². The van der Waals surface area contributed by atoms with Gasteiger partial charge in [0.25, 0.3) is 0 Å². The second kappa shape index (κ2) is 10.3. The summed E-state index contributed by atoms with van der Waals surface area (Å²) in [6.07, 6.45) is 0.324. The first kappa shape index (κ1) is 19.6. The molecule has 0 unspecified atom stereocenters. The maximum Gasteiger partial charge on any atom is 0.305 e. The fraction of sp³-hybridized carbons (Fsp3) is 0.421. The van der Waals surface area contributed by atoms with Crippen LogP contribution in [0.15, 0.2) is 41.1 Å². The minimum atomic E-state index is -0.764. The monoisotopic (exact) mass is 365 g/mol. The Morgan fingerprint density at radius 3 is 2.60 bits per heavy atom. The lowest BCUT2D eigenvalue weighted by atomic mass is 10.2. The van der Waals surface area contributed by atoms with Crippen LogP contribution in [0.3, 0.4) is 0 Å². The van der Waals surface area contributed by atoms with Crippen molar-refractivity contribution < 1.29 is 19.0 Å². The van der Waals surface area contributed by atoms with Crippen molar-refractivity contribution in [3.8, 4) is 0 Å². The molecule has 0 saturated carbocycles. The molecule has 1 heterocycles. The molecule has 0 radical (unpaired) electrons. The lowest BCUT2D eigenvalue weighted by Gasteiger charge is -2.25. The van der Waals surface area contributed by atoms with E-state index in [1.54, 1.807) is 23.5 Å². The molecule has 0 aliphatic heterocycles. The molecule has 4 nitrogen and oxygen atoms in total. The molecule has 0 aliphatic carbocycles. The molecule has 6 heteroatoms. The first-order chi connectivity index (χ1) is 12.1. The van der Waals surface area contributed by atoms with Gasteiger partial charge in [0.1, 0.15) is 18.5 Å². The minimum absolute atomic E-state index is 0.0115. The predicted octanol–water partition coefficient (Wildman–Crippen LogP) is 3.59. The van der Waals surface area contributed by atoms with Crippen molar-refractivity contribution in [3.63, 3.8) is 0 Å². The molecule has 1 aromatic carbocycles. The van der Waals surface area contributed by atoms with Crippen LogP contribution in [0.2, 0.25) is 0 Å². The molecular formula is C19H24FNO3S. The van der Waals surface area contributed by atoms with Crippen molar-refractivity contribution in [3.05, 3.63) is 58.0 Å². The van der Waals surface area contributed by atoms with Crippen LogP contribution in [-0.2, 0) is 22.6 Å². The summed E-state index contributed by atoms with van der Waals surface area (Å²) in [7, 11) is 0. The molecule has 0 spiro atoms. The van der Waals surface area contributed by atoms with Crippen molar-refractivity contribution in [1.29, 1.82) is 0 Å². The molecule has 0 saturated heterocycles. The van der Waals surface area contributed by atoms with Crippen LogP contribution in [0, 0.1) is 5.82 Å². The number of ether oxygens (including phenoxy) is 1. The van der Waals surface area contributed by atoms with Gasteiger partial charge in [-0.25, -0.2) is 4.39 Å². The van der Waals surface area contributed by atoms with Gasteiger partial charge in [0.05, 0.1) is 0 Å². The van der Waals surface area contributed by atoms with E-state index in [4.69, 9.17) is 4.74 Å². The van der Waals surface area contributed by atoms with E-state index >= 15 is 0 Å². The zero-order chi connectivity index (χ0) is 18.1. The van der Waals surface area contributed by atoms with Gasteiger partial charge in [0, 0.05) is 26.1 Å². The van der Waals surface area contributed by atoms with Crippen molar-refractivity contribution in [2.75, 3.05) is 13.2 Å². The fourth-order valence-corrected chi connectivity index (χ4v) is 3.15. The quantitative estimate of drug-likeness (QED) is 0.654.